The number of allylic oxidation sites excluding steroid dienone is 2. The Balaban J connectivity index is 1.89. The quantitative estimate of drug-likeness (QED) is 0.0908. The van der Waals surface area contributed by atoms with E-state index < -0.39 is 15.9 Å². The molecular formula is C36H56N2O6S. The molecule has 45 heavy (non-hydrogen) atoms. The topological polar surface area (TPSA) is 94.2 Å². The van der Waals surface area contributed by atoms with Gasteiger partial charge < -0.3 is 19.5 Å². The summed E-state index contributed by atoms with van der Waals surface area (Å²) in [5.41, 5.74) is 1.28. The Bertz CT molecular complexity index is 1240. The SMILES string of the molecule is CCCCCCCCC=CCCCCCCCCN(CC(=O)Nc1c(OC)cc(OC)cc1OC)S(=O)(=O)c1ccc(C)cc1. The highest BCUT2D eigenvalue weighted by Gasteiger charge is 2.27. The van der Waals surface area contributed by atoms with Crippen molar-refractivity contribution < 1.29 is 27.4 Å². The number of benzene rings is 2. The van der Waals surface area contributed by atoms with Crippen LogP contribution in [0.2, 0.25) is 0 Å². The summed E-state index contributed by atoms with van der Waals surface area (Å²) in [4.78, 5) is 13.4. The zero-order valence-corrected chi connectivity index (χ0v) is 29.1. The summed E-state index contributed by atoms with van der Waals surface area (Å²) in [5, 5.41) is 2.80. The van der Waals surface area contributed by atoms with Crippen molar-refractivity contribution in [2.24, 2.45) is 0 Å². The van der Waals surface area contributed by atoms with Crippen LogP contribution in [0.4, 0.5) is 5.69 Å². The molecule has 0 aliphatic carbocycles. The van der Waals surface area contributed by atoms with Crippen molar-refractivity contribution in [1.82, 2.24) is 4.31 Å². The predicted octanol–water partition coefficient (Wildman–Crippen LogP) is 8.69. The van der Waals surface area contributed by atoms with Crippen molar-refractivity contribution in [3.63, 3.8) is 0 Å². The molecule has 252 valence electrons. The van der Waals surface area contributed by atoms with Gasteiger partial charge in [-0.15, -0.1) is 0 Å². The molecule has 0 unspecified atom stereocenters. The molecule has 0 saturated carbocycles. The number of amides is 1. The summed E-state index contributed by atoms with van der Waals surface area (Å²) in [6, 6.07) is 9.97. The molecule has 2 aromatic carbocycles. The zero-order valence-electron chi connectivity index (χ0n) is 28.2. The molecule has 0 aliphatic rings. The van der Waals surface area contributed by atoms with Crippen LogP contribution in [0.15, 0.2) is 53.4 Å². The van der Waals surface area contributed by atoms with Crippen molar-refractivity contribution in [2.75, 3.05) is 39.7 Å². The summed E-state index contributed by atoms with van der Waals surface area (Å²) in [5.74, 6) is 0.712. The fourth-order valence-electron chi connectivity index (χ4n) is 5.15. The number of nitrogens with one attached hydrogen (secondary N) is 1. The Labute approximate surface area is 272 Å². The average molecular weight is 645 g/mol. The van der Waals surface area contributed by atoms with Gasteiger partial charge in [-0.2, -0.15) is 4.31 Å². The highest BCUT2D eigenvalue weighted by Crippen LogP contribution is 2.39. The Hall–Kier alpha value is -3.04. The molecule has 2 rings (SSSR count). The maximum Gasteiger partial charge on any atom is 0.243 e. The molecule has 2 aromatic rings. The number of carbonyl (C=O) groups excluding carboxylic acids is 1. The minimum atomic E-state index is -3.89. The number of carbonyl (C=O) groups is 1. The molecule has 0 fully saturated rings. The number of rotatable bonds is 24. The lowest BCUT2D eigenvalue weighted by molar-refractivity contribution is -0.116. The van der Waals surface area contributed by atoms with E-state index in [9.17, 15) is 13.2 Å². The molecule has 0 aromatic heterocycles. The number of hydrogen-bond donors (Lipinski definition) is 1. The molecule has 0 aliphatic heterocycles. The Morgan fingerprint density at radius 1 is 0.756 bits per heavy atom. The lowest BCUT2D eigenvalue weighted by atomic mass is 10.1. The zero-order chi connectivity index (χ0) is 32.9. The second-order valence-corrected chi connectivity index (χ2v) is 13.5. The molecule has 0 radical (unpaired) electrons. The summed E-state index contributed by atoms with van der Waals surface area (Å²) in [6.45, 7) is 4.08. The lowest BCUT2D eigenvalue weighted by Gasteiger charge is -2.23. The number of aryl methyl sites for hydroxylation is 1. The van der Waals surface area contributed by atoms with Crippen molar-refractivity contribution in [2.45, 2.75) is 109 Å². The van der Waals surface area contributed by atoms with E-state index in [1.165, 1.54) is 83.4 Å². The van der Waals surface area contributed by atoms with Crippen molar-refractivity contribution in [1.29, 1.82) is 0 Å². The van der Waals surface area contributed by atoms with E-state index in [0.717, 1.165) is 31.2 Å². The number of anilines is 1. The number of hydrogen-bond acceptors (Lipinski definition) is 6. The van der Waals surface area contributed by atoms with E-state index in [4.69, 9.17) is 14.2 Å². The number of methoxy groups -OCH3 is 3. The molecule has 8 nitrogen and oxygen atoms in total. The van der Waals surface area contributed by atoms with Crippen molar-refractivity contribution in [3.05, 3.63) is 54.1 Å². The Morgan fingerprint density at radius 3 is 1.78 bits per heavy atom. The third-order valence-electron chi connectivity index (χ3n) is 7.88. The van der Waals surface area contributed by atoms with E-state index in [1.54, 1.807) is 36.4 Å². The average Bonchev–Trinajstić information content (AvgIpc) is 3.04. The fraction of sp³-hybridized carbons (Fsp3) is 0.583. The normalized spacial score (nSPS) is 11.7. The van der Waals surface area contributed by atoms with Crippen LogP contribution in [0.5, 0.6) is 17.2 Å². The van der Waals surface area contributed by atoms with E-state index in [-0.39, 0.29) is 18.0 Å². The first kappa shape index (κ1) is 38.1. The van der Waals surface area contributed by atoms with Gasteiger partial charge in [-0.25, -0.2) is 8.42 Å². The van der Waals surface area contributed by atoms with Gasteiger partial charge in [-0.05, 0) is 51.2 Å². The van der Waals surface area contributed by atoms with Crippen LogP contribution in [-0.2, 0) is 14.8 Å². The van der Waals surface area contributed by atoms with Gasteiger partial charge >= 0.3 is 0 Å². The molecule has 0 spiro atoms. The first-order valence-electron chi connectivity index (χ1n) is 16.6. The smallest absolute Gasteiger partial charge is 0.243 e. The summed E-state index contributed by atoms with van der Waals surface area (Å²) >= 11 is 0. The van der Waals surface area contributed by atoms with Gasteiger partial charge in [0.05, 0.1) is 32.8 Å². The monoisotopic (exact) mass is 644 g/mol. The predicted molar refractivity (Wildman–Crippen MR) is 184 cm³/mol. The molecule has 0 bridgehead atoms. The largest absolute Gasteiger partial charge is 0.496 e. The number of ether oxygens (including phenoxy) is 3. The van der Waals surface area contributed by atoms with E-state index in [2.05, 4.69) is 24.4 Å². The van der Waals surface area contributed by atoms with Crippen molar-refractivity contribution >= 4 is 21.6 Å². The highest BCUT2D eigenvalue weighted by atomic mass is 32.2. The second-order valence-electron chi connectivity index (χ2n) is 11.5. The van der Waals surface area contributed by atoms with E-state index in [1.807, 2.05) is 6.92 Å². The summed E-state index contributed by atoms with van der Waals surface area (Å²) < 4.78 is 44.7. The van der Waals surface area contributed by atoms with Gasteiger partial charge in [0.25, 0.3) is 0 Å². The van der Waals surface area contributed by atoms with Gasteiger partial charge in [0.1, 0.15) is 22.9 Å². The van der Waals surface area contributed by atoms with Crippen LogP contribution >= 0.6 is 0 Å². The Kier molecular flexibility index (Phi) is 18.4. The molecule has 9 heteroatoms. The lowest BCUT2D eigenvalue weighted by Crippen LogP contribution is -2.38. The molecule has 0 atom stereocenters. The number of nitrogens with zero attached hydrogens (tertiary/aromatic N) is 1. The molecular weight excluding hydrogens is 588 g/mol. The number of sulfonamides is 1. The third kappa shape index (κ3) is 13.9. The summed E-state index contributed by atoms with van der Waals surface area (Å²) in [6.07, 6.45) is 21.0. The maximum absolute atomic E-state index is 13.6. The van der Waals surface area contributed by atoms with Gasteiger partial charge in [0.15, 0.2) is 0 Å². The number of unbranched alkanes of at least 4 members (excludes halogenated alkanes) is 12. The van der Waals surface area contributed by atoms with Crippen LogP contribution < -0.4 is 19.5 Å². The minimum absolute atomic E-state index is 0.171. The van der Waals surface area contributed by atoms with E-state index >= 15 is 0 Å². The van der Waals surface area contributed by atoms with Crippen LogP contribution in [-0.4, -0.2) is 53.0 Å². The highest BCUT2D eigenvalue weighted by molar-refractivity contribution is 7.89. The van der Waals surface area contributed by atoms with Crippen LogP contribution in [0, 0.1) is 6.92 Å². The fourth-order valence-corrected chi connectivity index (χ4v) is 6.58. The van der Waals surface area contributed by atoms with E-state index in [0.29, 0.717) is 29.4 Å². The van der Waals surface area contributed by atoms with Gasteiger partial charge in [0, 0.05) is 18.7 Å². The van der Waals surface area contributed by atoms with Gasteiger partial charge in [0.2, 0.25) is 15.9 Å². The molecule has 0 heterocycles. The minimum Gasteiger partial charge on any atom is -0.496 e. The van der Waals surface area contributed by atoms with Crippen LogP contribution in [0.25, 0.3) is 0 Å². The van der Waals surface area contributed by atoms with Crippen LogP contribution in [0.3, 0.4) is 0 Å². The first-order chi connectivity index (χ1) is 21.8. The summed E-state index contributed by atoms with van der Waals surface area (Å²) in [7, 11) is 0.595. The molecule has 0 saturated heterocycles. The molecule has 1 N–H and O–H groups in total. The third-order valence-corrected chi connectivity index (χ3v) is 9.74. The standard InChI is InChI=1S/C36H56N2O6S/c1-6-7-8-9-10-11-12-13-14-15-16-17-18-19-20-21-26-38(45(40,41)32-24-22-30(2)23-25-32)29-35(39)37-36-33(43-4)27-31(42-3)28-34(36)44-5/h13-14,22-25,27-28H,6-12,15-21,26,29H2,1-5H3,(H,37,39). The van der Waals surface area contributed by atoms with Crippen LogP contribution in [0.1, 0.15) is 102 Å². The van der Waals surface area contributed by atoms with Crippen molar-refractivity contribution in [3.8, 4) is 17.2 Å². The maximum atomic E-state index is 13.6. The van der Waals surface area contributed by atoms with Gasteiger partial charge in [-0.1, -0.05) is 94.6 Å². The Morgan fingerprint density at radius 2 is 1.27 bits per heavy atom. The van der Waals surface area contributed by atoms with Gasteiger partial charge in [-0.3, -0.25) is 4.79 Å². The second kappa shape index (κ2) is 21.7. The molecule has 1 amide bonds. The first-order valence-corrected chi connectivity index (χ1v) is 18.0.